The molecule has 0 aromatic heterocycles. The molecule has 4 nitrogen and oxygen atoms in total. The van der Waals surface area contributed by atoms with E-state index in [2.05, 4.69) is 0 Å². The molecule has 0 saturated heterocycles. The largest absolute Gasteiger partial charge is 0.481 e. The number of hydrogen-bond acceptors (Lipinski definition) is 3. The fourth-order valence-corrected chi connectivity index (χ4v) is 0.835. The van der Waals surface area contributed by atoms with Crippen molar-refractivity contribution in [1.29, 1.82) is 0 Å². The Morgan fingerprint density at radius 3 is 2.53 bits per heavy atom. The minimum Gasteiger partial charge on any atom is -0.481 e. The monoisotopic (exact) mass is 214 g/mol. The van der Waals surface area contributed by atoms with E-state index in [1.807, 2.05) is 19.9 Å². The number of carboxylic acids is 1. The van der Waals surface area contributed by atoms with Gasteiger partial charge in [0.05, 0.1) is 6.61 Å². The van der Waals surface area contributed by atoms with Crippen LogP contribution in [-0.2, 0) is 14.3 Å². The second-order valence-corrected chi connectivity index (χ2v) is 3.42. The van der Waals surface area contributed by atoms with Crippen molar-refractivity contribution in [3.8, 4) is 0 Å². The summed E-state index contributed by atoms with van der Waals surface area (Å²) in [5, 5.41) is 8.52. The van der Waals surface area contributed by atoms with Crippen molar-refractivity contribution in [3.05, 3.63) is 11.6 Å². The number of aliphatic carboxylic acids is 1. The third-order valence-corrected chi connectivity index (χ3v) is 2.14. The van der Waals surface area contributed by atoms with Gasteiger partial charge in [0, 0.05) is 0 Å². The van der Waals surface area contributed by atoms with Gasteiger partial charge in [0.15, 0.2) is 5.92 Å². The van der Waals surface area contributed by atoms with Gasteiger partial charge in [0.2, 0.25) is 0 Å². The number of carbonyl (C=O) groups is 2. The van der Waals surface area contributed by atoms with E-state index in [-0.39, 0.29) is 6.61 Å². The van der Waals surface area contributed by atoms with Gasteiger partial charge in [-0.2, -0.15) is 0 Å². The zero-order valence-corrected chi connectivity index (χ0v) is 9.45. The normalized spacial score (nSPS) is 13.4. The summed E-state index contributed by atoms with van der Waals surface area (Å²) in [6, 6.07) is 0. The lowest BCUT2D eigenvalue weighted by Gasteiger charge is -2.06. The summed E-state index contributed by atoms with van der Waals surface area (Å²) in [6.45, 7) is 5.61. The number of carbonyl (C=O) groups excluding carboxylic acids is 1. The lowest BCUT2D eigenvalue weighted by Crippen LogP contribution is -2.23. The van der Waals surface area contributed by atoms with Gasteiger partial charge < -0.3 is 9.84 Å². The first-order valence-corrected chi connectivity index (χ1v) is 5.04. The molecule has 4 heteroatoms. The molecule has 0 rings (SSSR count). The van der Waals surface area contributed by atoms with E-state index in [0.717, 1.165) is 6.42 Å². The van der Waals surface area contributed by atoms with Crippen LogP contribution in [0.5, 0.6) is 0 Å². The molecule has 0 radical (unpaired) electrons. The molecule has 0 saturated carbocycles. The van der Waals surface area contributed by atoms with Crippen molar-refractivity contribution >= 4 is 11.9 Å². The maximum Gasteiger partial charge on any atom is 0.320 e. The van der Waals surface area contributed by atoms with Crippen LogP contribution in [0.2, 0.25) is 0 Å². The molecule has 0 aliphatic heterocycles. The first-order chi connectivity index (χ1) is 6.99. The maximum atomic E-state index is 11.1. The summed E-state index contributed by atoms with van der Waals surface area (Å²) in [5.41, 5.74) is 1.23. The molecule has 0 aliphatic rings. The van der Waals surface area contributed by atoms with Crippen molar-refractivity contribution < 1.29 is 19.4 Å². The number of carboxylic acid groups (broad SMARTS) is 1. The summed E-state index contributed by atoms with van der Waals surface area (Å²) in [4.78, 5) is 21.5. The van der Waals surface area contributed by atoms with E-state index >= 15 is 0 Å². The summed E-state index contributed by atoms with van der Waals surface area (Å²) in [7, 11) is 0. The highest BCUT2D eigenvalue weighted by Crippen LogP contribution is 2.02. The van der Waals surface area contributed by atoms with Gasteiger partial charge in [0.25, 0.3) is 0 Å². The molecular formula is C11H18O4. The van der Waals surface area contributed by atoms with Crippen molar-refractivity contribution in [2.75, 3.05) is 6.61 Å². The van der Waals surface area contributed by atoms with Crippen molar-refractivity contribution in [2.24, 2.45) is 5.92 Å². The van der Waals surface area contributed by atoms with Gasteiger partial charge in [-0.3, -0.25) is 9.59 Å². The minimum absolute atomic E-state index is 0.244. The molecule has 0 fully saturated rings. The van der Waals surface area contributed by atoms with Crippen molar-refractivity contribution in [3.63, 3.8) is 0 Å². The van der Waals surface area contributed by atoms with Crippen LogP contribution in [0.1, 0.15) is 33.6 Å². The molecule has 1 unspecified atom stereocenters. The Labute approximate surface area is 89.9 Å². The summed E-state index contributed by atoms with van der Waals surface area (Å²) < 4.78 is 4.80. The lowest BCUT2D eigenvalue weighted by atomic mass is 10.2. The Morgan fingerprint density at radius 1 is 1.47 bits per heavy atom. The molecule has 1 atom stereocenters. The molecule has 0 aromatic carbocycles. The first-order valence-electron chi connectivity index (χ1n) is 5.04. The van der Waals surface area contributed by atoms with Crippen LogP contribution in [0, 0.1) is 5.92 Å². The molecule has 86 valence electrons. The molecule has 0 spiro atoms. The van der Waals surface area contributed by atoms with Gasteiger partial charge in [-0.25, -0.2) is 0 Å². The fraction of sp³-hybridized carbons (Fsp3) is 0.636. The van der Waals surface area contributed by atoms with Crippen LogP contribution in [0.15, 0.2) is 11.6 Å². The third kappa shape index (κ3) is 5.88. The van der Waals surface area contributed by atoms with Crippen molar-refractivity contribution in [2.45, 2.75) is 33.6 Å². The van der Waals surface area contributed by atoms with Crippen LogP contribution < -0.4 is 0 Å². The Hall–Kier alpha value is -1.32. The number of hydrogen-bond donors (Lipinski definition) is 1. The molecule has 0 aromatic rings. The second kappa shape index (κ2) is 7.04. The molecule has 0 amide bonds. The number of rotatable bonds is 6. The van der Waals surface area contributed by atoms with E-state index in [4.69, 9.17) is 9.84 Å². The average molecular weight is 214 g/mol. The molecular weight excluding hydrogens is 196 g/mol. The van der Waals surface area contributed by atoms with Crippen LogP contribution in [0.25, 0.3) is 0 Å². The van der Waals surface area contributed by atoms with Gasteiger partial charge in [0.1, 0.15) is 0 Å². The highest BCUT2D eigenvalue weighted by atomic mass is 16.5. The van der Waals surface area contributed by atoms with Gasteiger partial charge in [-0.15, -0.1) is 0 Å². The molecule has 1 N–H and O–H groups in total. The van der Waals surface area contributed by atoms with Crippen molar-refractivity contribution in [1.82, 2.24) is 0 Å². The van der Waals surface area contributed by atoms with Gasteiger partial charge in [-0.1, -0.05) is 18.6 Å². The van der Waals surface area contributed by atoms with Gasteiger partial charge in [-0.05, 0) is 26.7 Å². The van der Waals surface area contributed by atoms with E-state index in [9.17, 15) is 9.59 Å². The SMILES string of the molecule is CCC(C)=CCCOC(=O)C(C)C(=O)O. The smallest absolute Gasteiger partial charge is 0.320 e. The Balaban J connectivity index is 3.78. The van der Waals surface area contributed by atoms with Crippen LogP contribution in [-0.4, -0.2) is 23.7 Å². The Kier molecular flexibility index (Phi) is 6.42. The standard InChI is InChI=1S/C11H18O4/c1-4-8(2)6-5-7-15-11(14)9(3)10(12)13/h6,9H,4-5,7H2,1-3H3,(H,12,13). The highest BCUT2D eigenvalue weighted by molar-refractivity contribution is 5.93. The minimum atomic E-state index is -1.15. The van der Waals surface area contributed by atoms with Crippen LogP contribution in [0.4, 0.5) is 0 Å². The van der Waals surface area contributed by atoms with E-state index in [0.29, 0.717) is 6.42 Å². The van der Waals surface area contributed by atoms with E-state index < -0.39 is 17.9 Å². The Morgan fingerprint density at radius 2 is 2.07 bits per heavy atom. The fourth-order valence-electron chi connectivity index (χ4n) is 0.835. The average Bonchev–Trinajstić information content (AvgIpc) is 2.22. The topological polar surface area (TPSA) is 63.6 Å². The number of ether oxygens (including phenoxy) is 1. The quantitative estimate of drug-likeness (QED) is 0.318. The number of esters is 1. The summed E-state index contributed by atoms with van der Waals surface area (Å²) >= 11 is 0. The number of allylic oxidation sites excluding steroid dienone is 1. The highest BCUT2D eigenvalue weighted by Gasteiger charge is 2.21. The predicted molar refractivity (Wildman–Crippen MR) is 56.4 cm³/mol. The van der Waals surface area contributed by atoms with E-state index in [1.165, 1.54) is 12.5 Å². The van der Waals surface area contributed by atoms with Crippen LogP contribution in [0.3, 0.4) is 0 Å². The molecule has 15 heavy (non-hydrogen) atoms. The Bertz CT molecular complexity index is 255. The first kappa shape index (κ1) is 13.7. The zero-order chi connectivity index (χ0) is 11.8. The molecule has 0 bridgehead atoms. The zero-order valence-electron chi connectivity index (χ0n) is 9.45. The second-order valence-electron chi connectivity index (χ2n) is 3.42. The maximum absolute atomic E-state index is 11.1. The summed E-state index contributed by atoms with van der Waals surface area (Å²) in [6.07, 6.45) is 3.59. The van der Waals surface area contributed by atoms with E-state index in [1.54, 1.807) is 0 Å². The van der Waals surface area contributed by atoms with Gasteiger partial charge >= 0.3 is 11.9 Å². The van der Waals surface area contributed by atoms with Crippen LogP contribution >= 0.6 is 0 Å². The lowest BCUT2D eigenvalue weighted by molar-refractivity contribution is -0.157. The molecule has 0 heterocycles. The molecule has 0 aliphatic carbocycles. The predicted octanol–water partition coefficient (Wildman–Crippen LogP) is 2.00. The summed E-state index contributed by atoms with van der Waals surface area (Å²) in [5.74, 6) is -2.91. The third-order valence-electron chi connectivity index (χ3n) is 2.14.